The van der Waals surface area contributed by atoms with E-state index in [2.05, 4.69) is 30.6 Å². The van der Waals surface area contributed by atoms with Crippen LogP contribution in [0.15, 0.2) is 54.9 Å². The Balaban J connectivity index is 1.55. The first-order valence-electron chi connectivity index (χ1n) is 10.4. The summed E-state index contributed by atoms with van der Waals surface area (Å²) in [5.41, 5.74) is 3.67. The Hall–Kier alpha value is -4.47. The number of H-pyrrole nitrogens is 2. The highest BCUT2D eigenvalue weighted by molar-refractivity contribution is 5.91. The van der Waals surface area contributed by atoms with Crippen LogP contribution in [-0.2, 0) is 9.47 Å². The number of anilines is 4. The van der Waals surface area contributed by atoms with Crippen molar-refractivity contribution in [2.24, 2.45) is 0 Å². The number of carbonyl (C=O) groups is 2. The normalized spacial score (nSPS) is 10.6. The molecule has 0 atom stereocenters. The molecule has 2 aromatic carbocycles. The number of rotatable bonds is 8. The van der Waals surface area contributed by atoms with Crippen LogP contribution in [0, 0.1) is 0 Å². The van der Waals surface area contributed by atoms with Crippen molar-refractivity contribution in [2.45, 2.75) is 13.8 Å². The van der Waals surface area contributed by atoms with Gasteiger partial charge in [0, 0.05) is 11.4 Å². The fourth-order valence-electron chi connectivity index (χ4n) is 3.10. The average Bonchev–Trinajstić information content (AvgIpc) is 3.29. The Morgan fingerprint density at radius 3 is 1.94 bits per heavy atom. The Bertz CT molecular complexity index is 1270. The van der Waals surface area contributed by atoms with Gasteiger partial charge in [0.25, 0.3) is 0 Å². The topological polar surface area (TPSA) is 132 Å². The van der Waals surface area contributed by atoms with Crippen LogP contribution in [0.5, 0.6) is 0 Å². The number of esters is 2. The molecule has 0 aliphatic rings. The van der Waals surface area contributed by atoms with E-state index in [9.17, 15) is 9.59 Å². The number of hydrogen-bond acceptors (Lipinski definition) is 8. The second kappa shape index (κ2) is 9.77. The maximum atomic E-state index is 11.9. The lowest BCUT2D eigenvalue weighted by molar-refractivity contribution is -0.347. The Kier molecular flexibility index (Phi) is 6.44. The number of aromatic amines is 2. The molecule has 2 aromatic heterocycles. The maximum Gasteiger partial charge on any atom is 0.338 e. The zero-order valence-electron chi connectivity index (χ0n) is 18.1. The number of benzene rings is 2. The fourth-order valence-corrected chi connectivity index (χ4v) is 3.10. The molecule has 0 aliphatic heterocycles. The Labute approximate surface area is 189 Å². The van der Waals surface area contributed by atoms with Crippen molar-refractivity contribution in [2.75, 3.05) is 23.8 Å². The third kappa shape index (κ3) is 5.06. The lowest BCUT2D eigenvalue weighted by Crippen LogP contribution is -2.07. The maximum absolute atomic E-state index is 11.9. The minimum absolute atomic E-state index is 0.321. The molecule has 4 aromatic rings. The zero-order chi connectivity index (χ0) is 23.2. The minimum atomic E-state index is -0.371. The molecule has 0 saturated carbocycles. The molecule has 33 heavy (non-hydrogen) atoms. The van der Waals surface area contributed by atoms with Gasteiger partial charge < -0.3 is 20.1 Å². The summed E-state index contributed by atoms with van der Waals surface area (Å²) in [7, 11) is 0. The number of nitrogens with one attached hydrogen (secondary N) is 4. The van der Waals surface area contributed by atoms with Crippen molar-refractivity contribution in [1.29, 1.82) is 0 Å². The van der Waals surface area contributed by atoms with Crippen LogP contribution in [0.3, 0.4) is 0 Å². The van der Waals surface area contributed by atoms with Gasteiger partial charge in [0.05, 0.1) is 24.3 Å². The Morgan fingerprint density at radius 2 is 1.39 bits per heavy atom. The molecule has 0 aliphatic carbocycles. The standard InChI is InChI=1S/C23H22N6O4/c1-3-32-21(30)14-5-9-16(10-6-14)26-20-18-19(25-13-24-18)28-23(29-20)27-17-11-7-15(8-12-17)22(31)33-4-2/h5-13H,3-4H2,1-2H3,(H3,24,25,26,27,28,29)/p+1. The summed E-state index contributed by atoms with van der Waals surface area (Å²) >= 11 is 0. The lowest BCUT2D eigenvalue weighted by atomic mass is 10.2. The van der Waals surface area contributed by atoms with Crippen LogP contribution in [0.2, 0.25) is 0 Å². The van der Waals surface area contributed by atoms with E-state index in [-0.39, 0.29) is 11.9 Å². The summed E-state index contributed by atoms with van der Waals surface area (Å²) in [5.74, 6) is 0.153. The van der Waals surface area contributed by atoms with Crippen LogP contribution >= 0.6 is 0 Å². The summed E-state index contributed by atoms with van der Waals surface area (Å²) in [6.45, 7) is 4.17. The lowest BCUT2D eigenvalue weighted by Gasteiger charge is -2.08. The first-order valence-corrected chi connectivity index (χ1v) is 10.4. The predicted octanol–water partition coefficient (Wildman–Crippen LogP) is 3.61. The molecule has 0 amide bonds. The summed E-state index contributed by atoms with van der Waals surface area (Å²) in [5, 5.41) is 6.38. The number of hydrogen-bond donors (Lipinski definition) is 3. The zero-order valence-corrected chi connectivity index (χ0v) is 18.1. The SMILES string of the molecule is CCOC(=O)c1ccc(Nc2nc(Nc3ccc(C(=O)OCC)cc3)c3[nH]c[nH+]c3n2)cc1. The highest BCUT2D eigenvalue weighted by Crippen LogP contribution is 2.24. The van der Waals surface area contributed by atoms with E-state index in [4.69, 9.17) is 9.47 Å². The van der Waals surface area contributed by atoms with Crippen LogP contribution in [-0.4, -0.2) is 40.1 Å². The van der Waals surface area contributed by atoms with E-state index in [0.717, 1.165) is 5.69 Å². The number of nitrogens with zero attached hydrogens (tertiary/aromatic N) is 2. The van der Waals surface area contributed by atoms with E-state index in [1.807, 2.05) is 0 Å². The molecule has 0 bridgehead atoms. The van der Waals surface area contributed by atoms with Crippen molar-refractivity contribution in [3.05, 3.63) is 66.0 Å². The molecule has 4 N–H and O–H groups in total. The fraction of sp³-hybridized carbons (Fsp3) is 0.174. The molecule has 2 heterocycles. The predicted molar refractivity (Wildman–Crippen MR) is 122 cm³/mol. The van der Waals surface area contributed by atoms with Gasteiger partial charge >= 0.3 is 23.5 Å². The molecule has 0 fully saturated rings. The summed E-state index contributed by atoms with van der Waals surface area (Å²) in [6.07, 6.45) is 1.66. The van der Waals surface area contributed by atoms with Gasteiger partial charge in [-0.1, -0.05) is 4.98 Å². The number of aromatic nitrogens is 4. The number of imidazole rings is 1. The molecular weight excluding hydrogens is 424 g/mol. The van der Waals surface area contributed by atoms with Crippen LogP contribution in [0.25, 0.3) is 11.2 Å². The van der Waals surface area contributed by atoms with Crippen LogP contribution in [0.1, 0.15) is 34.6 Å². The highest BCUT2D eigenvalue weighted by atomic mass is 16.5. The smallest absolute Gasteiger partial charge is 0.338 e. The molecule has 0 unspecified atom stereocenters. The third-order valence-corrected chi connectivity index (χ3v) is 4.65. The minimum Gasteiger partial charge on any atom is -0.462 e. The van der Waals surface area contributed by atoms with Crippen molar-refractivity contribution < 1.29 is 24.0 Å². The summed E-state index contributed by atoms with van der Waals surface area (Å²) in [6, 6.07) is 13.8. The van der Waals surface area contributed by atoms with Crippen molar-refractivity contribution in [3.63, 3.8) is 0 Å². The van der Waals surface area contributed by atoms with E-state index in [0.29, 0.717) is 53.0 Å². The van der Waals surface area contributed by atoms with E-state index in [1.54, 1.807) is 68.7 Å². The third-order valence-electron chi connectivity index (χ3n) is 4.65. The van der Waals surface area contributed by atoms with Crippen LogP contribution in [0.4, 0.5) is 23.1 Å². The molecule has 10 nitrogen and oxygen atoms in total. The van der Waals surface area contributed by atoms with Gasteiger partial charge in [-0.3, -0.25) is 4.98 Å². The van der Waals surface area contributed by atoms with Crippen molar-refractivity contribution in [1.82, 2.24) is 15.0 Å². The van der Waals surface area contributed by atoms with E-state index >= 15 is 0 Å². The Morgan fingerprint density at radius 1 is 0.848 bits per heavy atom. The van der Waals surface area contributed by atoms with Gasteiger partial charge in [-0.15, -0.1) is 0 Å². The van der Waals surface area contributed by atoms with E-state index in [1.165, 1.54) is 0 Å². The molecular formula is C23H23N6O4+. The second-order valence-electron chi connectivity index (χ2n) is 6.90. The summed E-state index contributed by atoms with van der Waals surface area (Å²) in [4.78, 5) is 38.9. The molecule has 0 radical (unpaired) electrons. The van der Waals surface area contributed by atoms with Gasteiger partial charge in [-0.2, -0.15) is 4.98 Å². The first kappa shape index (κ1) is 21.8. The molecule has 10 heteroatoms. The average molecular weight is 447 g/mol. The van der Waals surface area contributed by atoms with Crippen molar-refractivity contribution >= 4 is 46.2 Å². The van der Waals surface area contributed by atoms with Crippen molar-refractivity contribution in [3.8, 4) is 0 Å². The second-order valence-corrected chi connectivity index (χ2v) is 6.90. The summed E-state index contributed by atoms with van der Waals surface area (Å²) < 4.78 is 10.0. The van der Waals surface area contributed by atoms with Crippen LogP contribution < -0.4 is 15.6 Å². The number of carbonyl (C=O) groups excluding carboxylic acids is 2. The monoisotopic (exact) mass is 447 g/mol. The van der Waals surface area contributed by atoms with Gasteiger partial charge in [-0.25, -0.2) is 14.6 Å². The number of ether oxygens (including phenoxy) is 2. The molecule has 168 valence electrons. The van der Waals surface area contributed by atoms with Gasteiger partial charge in [0.15, 0.2) is 12.1 Å². The molecule has 0 saturated heterocycles. The largest absolute Gasteiger partial charge is 0.462 e. The number of fused-ring (bicyclic) bond motifs is 1. The molecule has 4 rings (SSSR count). The van der Waals surface area contributed by atoms with Gasteiger partial charge in [0.2, 0.25) is 5.52 Å². The first-order chi connectivity index (χ1) is 16.1. The van der Waals surface area contributed by atoms with Gasteiger partial charge in [0.1, 0.15) is 0 Å². The van der Waals surface area contributed by atoms with Gasteiger partial charge in [-0.05, 0) is 62.4 Å². The van der Waals surface area contributed by atoms with E-state index < -0.39 is 0 Å². The quantitative estimate of drug-likeness (QED) is 0.349. The highest BCUT2D eigenvalue weighted by Gasteiger charge is 2.17. The molecule has 0 spiro atoms.